The Labute approximate surface area is 195 Å². The lowest BCUT2D eigenvalue weighted by Gasteiger charge is -2.20. The number of ether oxygens (including phenoxy) is 1. The highest BCUT2D eigenvalue weighted by molar-refractivity contribution is 7.18. The number of carbonyl (C=O) groups is 3. The van der Waals surface area contributed by atoms with Crippen molar-refractivity contribution in [1.29, 1.82) is 0 Å². The van der Waals surface area contributed by atoms with Gasteiger partial charge in [0.05, 0.1) is 5.00 Å². The van der Waals surface area contributed by atoms with E-state index in [9.17, 15) is 18.8 Å². The lowest BCUT2D eigenvalue weighted by Crippen LogP contribution is -2.40. The van der Waals surface area contributed by atoms with Crippen LogP contribution in [-0.4, -0.2) is 31.0 Å². The number of thiophene rings is 1. The van der Waals surface area contributed by atoms with Crippen molar-refractivity contribution < 1.29 is 23.5 Å². The SMILES string of the molecule is Cc1cc(NC(=O)c2cccc(F)c2)sc1C(=O)Oc1ccc(N(C)C(=O)NC(C)C)cc1. The van der Waals surface area contributed by atoms with Crippen LogP contribution in [0.25, 0.3) is 0 Å². The van der Waals surface area contributed by atoms with Crippen LogP contribution < -0.4 is 20.3 Å². The maximum atomic E-state index is 13.3. The third-order valence-electron chi connectivity index (χ3n) is 4.58. The average molecular weight is 470 g/mol. The lowest BCUT2D eigenvalue weighted by molar-refractivity contribution is 0.0739. The molecule has 2 aromatic carbocycles. The Morgan fingerprint density at radius 1 is 1.06 bits per heavy atom. The number of esters is 1. The highest BCUT2D eigenvalue weighted by Crippen LogP contribution is 2.29. The van der Waals surface area contributed by atoms with Crippen LogP contribution in [0.2, 0.25) is 0 Å². The molecule has 33 heavy (non-hydrogen) atoms. The number of nitrogens with zero attached hydrogens (tertiary/aromatic N) is 1. The first-order chi connectivity index (χ1) is 15.6. The summed E-state index contributed by atoms with van der Waals surface area (Å²) in [6, 6.07) is 13.3. The second-order valence-electron chi connectivity index (χ2n) is 7.63. The van der Waals surface area contributed by atoms with Gasteiger partial charge in [0.1, 0.15) is 16.4 Å². The van der Waals surface area contributed by atoms with Crippen LogP contribution in [0.4, 0.5) is 19.9 Å². The van der Waals surface area contributed by atoms with Gasteiger partial charge in [0.15, 0.2) is 0 Å². The normalized spacial score (nSPS) is 10.6. The Kier molecular flexibility index (Phi) is 7.44. The fourth-order valence-electron chi connectivity index (χ4n) is 2.91. The van der Waals surface area contributed by atoms with Gasteiger partial charge in [-0.25, -0.2) is 14.0 Å². The summed E-state index contributed by atoms with van der Waals surface area (Å²) in [5.41, 5.74) is 1.46. The van der Waals surface area contributed by atoms with Crippen molar-refractivity contribution in [3.8, 4) is 5.75 Å². The Hall–Kier alpha value is -3.72. The van der Waals surface area contributed by atoms with Crippen LogP contribution in [0, 0.1) is 12.7 Å². The van der Waals surface area contributed by atoms with Crippen LogP contribution in [0.5, 0.6) is 5.75 Å². The first-order valence-corrected chi connectivity index (χ1v) is 11.0. The fraction of sp³-hybridized carbons (Fsp3) is 0.208. The van der Waals surface area contributed by atoms with Gasteiger partial charge in [-0.15, -0.1) is 11.3 Å². The number of carbonyl (C=O) groups excluding carboxylic acids is 3. The first-order valence-electron chi connectivity index (χ1n) is 10.2. The monoisotopic (exact) mass is 469 g/mol. The number of anilines is 2. The highest BCUT2D eigenvalue weighted by Gasteiger charge is 2.18. The van der Waals surface area contributed by atoms with Crippen LogP contribution in [0.3, 0.4) is 0 Å². The molecule has 0 aliphatic heterocycles. The zero-order valence-electron chi connectivity index (χ0n) is 18.6. The number of hydrogen-bond donors (Lipinski definition) is 2. The van der Waals surface area contributed by atoms with E-state index in [2.05, 4.69) is 10.6 Å². The van der Waals surface area contributed by atoms with Gasteiger partial charge in [-0.3, -0.25) is 9.69 Å². The molecule has 0 saturated heterocycles. The molecule has 9 heteroatoms. The van der Waals surface area contributed by atoms with E-state index in [-0.39, 0.29) is 17.6 Å². The number of urea groups is 1. The van der Waals surface area contributed by atoms with Crippen molar-refractivity contribution in [2.75, 3.05) is 17.3 Å². The Bertz CT molecular complexity index is 1170. The molecule has 1 heterocycles. The molecule has 0 radical (unpaired) electrons. The molecule has 3 amide bonds. The maximum absolute atomic E-state index is 13.3. The summed E-state index contributed by atoms with van der Waals surface area (Å²) in [7, 11) is 1.65. The lowest BCUT2D eigenvalue weighted by atomic mass is 10.2. The third-order valence-corrected chi connectivity index (χ3v) is 5.71. The van der Waals surface area contributed by atoms with E-state index >= 15 is 0 Å². The van der Waals surface area contributed by atoms with Gasteiger partial charge in [-0.2, -0.15) is 0 Å². The third kappa shape index (κ3) is 6.17. The largest absolute Gasteiger partial charge is 0.422 e. The Morgan fingerprint density at radius 2 is 1.76 bits per heavy atom. The molecule has 0 fully saturated rings. The van der Waals surface area contributed by atoms with Gasteiger partial charge in [-0.1, -0.05) is 6.07 Å². The summed E-state index contributed by atoms with van der Waals surface area (Å²) in [6.45, 7) is 5.48. The Morgan fingerprint density at radius 3 is 2.39 bits per heavy atom. The minimum atomic E-state index is -0.567. The number of rotatable bonds is 6. The maximum Gasteiger partial charge on any atom is 0.354 e. The number of hydrogen-bond acceptors (Lipinski definition) is 5. The Balaban J connectivity index is 1.65. The molecule has 0 aliphatic rings. The van der Waals surface area contributed by atoms with E-state index in [1.54, 1.807) is 44.3 Å². The van der Waals surface area contributed by atoms with Gasteiger partial charge in [-0.05, 0) is 74.9 Å². The zero-order valence-corrected chi connectivity index (χ0v) is 19.5. The number of nitrogens with one attached hydrogen (secondary N) is 2. The van der Waals surface area contributed by atoms with Gasteiger partial charge in [0.2, 0.25) is 0 Å². The number of amides is 3. The smallest absolute Gasteiger partial charge is 0.354 e. The molecule has 2 N–H and O–H groups in total. The fourth-order valence-corrected chi connectivity index (χ4v) is 3.86. The summed E-state index contributed by atoms with van der Waals surface area (Å²) < 4.78 is 18.8. The molecule has 3 rings (SSSR count). The summed E-state index contributed by atoms with van der Waals surface area (Å²) in [5.74, 6) is -1.23. The molecule has 3 aromatic rings. The second kappa shape index (κ2) is 10.3. The summed E-state index contributed by atoms with van der Waals surface area (Å²) in [5, 5.41) is 5.92. The molecule has 0 spiro atoms. The average Bonchev–Trinajstić information content (AvgIpc) is 3.13. The van der Waals surface area contributed by atoms with Crippen LogP contribution in [0.15, 0.2) is 54.6 Å². The van der Waals surface area contributed by atoms with Gasteiger partial charge >= 0.3 is 12.0 Å². The topological polar surface area (TPSA) is 87.7 Å². The first kappa shape index (κ1) is 23.9. The van der Waals surface area contributed by atoms with E-state index < -0.39 is 17.7 Å². The van der Waals surface area contributed by atoms with E-state index in [0.717, 1.165) is 17.4 Å². The van der Waals surface area contributed by atoms with Crippen molar-refractivity contribution in [3.63, 3.8) is 0 Å². The summed E-state index contributed by atoms with van der Waals surface area (Å²) in [6.07, 6.45) is 0. The second-order valence-corrected chi connectivity index (χ2v) is 8.69. The number of halogens is 1. The van der Waals surface area contributed by atoms with E-state index in [0.29, 0.717) is 26.9 Å². The molecular formula is C24H24FN3O4S. The van der Waals surface area contributed by atoms with Gasteiger partial charge < -0.3 is 15.4 Å². The van der Waals surface area contributed by atoms with Crippen molar-refractivity contribution >= 4 is 39.9 Å². The molecule has 0 aliphatic carbocycles. The summed E-state index contributed by atoms with van der Waals surface area (Å²) in [4.78, 5) is 38.9. The van der Waals surface area contributed by atoms with Crippen molar-refractivity contribution in [1.82, 2.24) is 5.32 Å². The van der Waals surface area contributed by atoms with E-state index in [1.165, 1.54) is 23.1 Å². The molecule has 7 nitrogen and oxygen atoms in total. The van der Waals surface area contributed by atoms with Crippen LogP contribution in [0.1, 0.15) is 39.4 Å². The predicted octanol–water partition coefficient (Wildman–Crippen LogP) is 5.22. The molecule has 0 saturated carbocycles. The predicted molar refractivity (Wildman–Crippen MR) is 127 cm³/mol. The minimum Gasteiger partial charge on any atom is -0.422 e. The van der Waals surface area contributed by atoms with E-state index in [1.807, 2.05) is 13.8 Å². The van der Waals surface area contributed by atoms with Crippen molar-refractivity contribution in [3.05, 3.63) is 76.4 Å². The summed E-state index contributed by atoms with van der Waals surface area (Å²) >= 11 is 1.07. The van der Waals surface area contributed by atoms with Crippen molar-refractivity contribution in [2.45, 2.75) is 26.8 Å². The molecule has 1 aromatic heterocycles. The standard InChI is InChI=1S/C24H24FN3O4S/c1-14(2)26-24(31)28(4)18-8-10-19(11-9-18)32-23(30)21-15(3)12-20(33-21)27-22(29)16-6-5-7-17(25)13-16/h5-14H,1-4H3,(H,26,31)(H,27,29). The molecule has 0 unspecified atom stereocenters. The molecule has 0 atom stereocenters. The minimum absolute atomic E-state index is 0.0118. The molecule has 0 bridgehead atoms. The zero-order chi connectivity index (χ0) is 24.1. The molecule has 172 valence electrons. The van der Waals surface area contributed by atoms with Gasteiger partial charge in [0, 0.05) is 24.3 Å². The molecular weight excluding hydrogens is 445 g/mol. The van der Waals surface area contributed by atoms with Crippen LogP contribution >= 0.6 is 11.3 Å². The number of aryl methyl sites for hydroxylation is 1. The van der Waals surface area contributed by atoms with Gasteiger partial charge in [0.25, 0.3) is 5.91 Å². The number of benzene rings is 2. The van der Waals surface area contributed by atoms with E-state index in [4.69, 9.17) is 4.74 Å². The quantitative estimate of drug-likeness (QED) is 0.383. The van der Waals surface area contributed by atoms with Crippen molar-refractivity contribution in [2.24, 2.45) is 0 Å². The highest BCUT2D eigenvalue weighted by atomic mass is 32.1. The van der Waals surface area contributed by atoms with Crippen LogP contribution in [-0.2, 0) is 0 Å².